The van der Waals surface area contributed by atoms with E-state index in [1.165, 1.54) is 13.0 Å². The molecule has 19 heavy (non-hydrogen) atoms. The van der Waals surface area contributed by atoms with Crippen LogP contribution in [0, 0.1) is 0 Å². The van der Waals surface area contributed by atoms with Crippen molar-refractivity contribution in [3.8, 4) is 0 Å². The molecule has 0 fully saturated rings. The molecule has 1 rings (SSSR count). The molecule has 0 atom stereocenters. The Morgan fingerprint density at radius 1 is 1.32 bits per heavy atom. The molecule has 0 aliphatic carbocycles. The van der Waals surface area contributed by atoms with Gasteiger partial charge in [-0.3, -0.25) is 4.79 Å². The van der Waals surface area contributed by atoms with Gasteiger partial charge in [-0.1, -0.05) is 6.07 Å². The van der Waals surface area contributed by atoms with E-state index >= 15 is 0 Å². The monoisotopic (exact) mass is 274 g/mol. The van der Waals surface area contributed by atoms with Gasteiger partial charge in [0.15, 0.2) is 0 Å². The summed E-state index contributed by atoms with van der Waals surface area (Å²) in [6.07, 6.45) is -2.26. The van der Waals surface area contributed by atoms with Crippen LogP contribution in [0.5, 0.6) is 0 Å². The summed E-state index contributed by atoms with van der Waals surface area (Å²) < 4.78 is 37.8. The van der Waals surface area contributed by atoms with Gasteiger partial charge >= 0.3 is 6.18 Å². The number of nitrogens with two attached hydrogens (primary N) is 1. The molecule has 0 aliphatic heterocycles. The van der Waals surface area contributed by atoms with Crippen molar-refractivity contribution in [2.24, 2.45) is 5.73 Å². The van der Waals surface area contributed by atoms with Crippen molar-refractivity contribution < 1.29 is 18.0 Å². The molecule has 0 saturated carbocycles. The molecule has 0 aliphatic rings. The van der Waals surface area contributed by atoms with Gasteiger partial charge in [0.2, 0.25) is 5.91 Å². The first-order valence-electron chi connectivity index (χ1n) is 6.02. The van der Waals surface area contributed by atoms with Crippen LogP contribution in [0.15, 0.2) is 18.2 Å². The van der Waals surface area contributed by atoms with Gasteiger partial charge in [-0.15, -0.1) is 0 Å². The van der Waals surface area contributed by atoms with E-state index in [4.69, 9.17) is 5.73 Å². The number of alkyl halides is 3. The second kappa shape index (κ2) is 6.56. The van der Waals surface area contributed by atoms with Gasteiger partial charge in [0.1, 0.15) is 0 Å². The standard InChI is InChI=1S/C13H17F3N2O/c1-9(19)18-12-8-11(13(14,15)16)6-5-10(12)4-2-3-7-17/h5-6,8H,2-4,7,17H2,1H3,(H,18,19). The fourth-order valence-corrected chi connectivity index (χ4v) is 1.74. The minimum absolute atomic E-state index is 0.222. The van der Waals surface area contributed by atoms with Crippen LogP contribution < -0.4 is 11.1 Å². The summed E-state index contributed by atoms with van der Waals surface area (Å²) in [5, 5.41) is 2.44. The molecule has 0 unspecified atom stereocenters. The van der Waals surface area contributed by atoms with E-state index in [0.717, 1.165) is 25.0 Å². The van der Waals surface area contributed by atoms with Gasteiger partial charge in [-0.05, 0) is 43.5 Å². The Kier molecular flexibility index (Phi) is 5.35. The van der Waals surface area contributed by atoms with E-state index in [-0.39, 0.29) is 11.6 Å². The number of carbonyl (C=O) groups is 1. The lowest BCUT2D eigenvalue weighted by atomic mass is 10.0. The van der Waals surface area contributed by atoms with Gasteiger partial charge in [-0.2, -0.15) is 13.2 Å². The van der Waals surface area contributed by atoms with Crippen LogP contribution in [0.25, 0.3) is 0 Å². The number of nitrogens with one attached hydrogen (secondary N) is 1. The van der Waals surface area contributed by atoms with Crippen LogP contribution in [0.1, 0.15) is 30.9 Å². The fourth-order valence-electron chi connectivity index (χ4n) is 1.74. The maximum Gasteiger partial charge on any atom is 0.416 e. The van der Waals surface area contributed by atoms with Gasteiger partial charge < -0.3 is 11.1 Å². The summed E-state index contributed by atoms with van der Waals surface area (Å²) in [4.78, 5) is 11.0. The molecule has 106 valence electrons. The summed E-state index contributed by atoms with van der Waals surface area (Å²) in [5.74, 6) is -0.389. The number of benzene rings is 1. The van der Waals surface area contributed by atoms with Crippen molar-refractivity contribution in [2.45, 2.75) is 32.4 Å². The highest BCUT2D eigenvalue weighted by Crippen LogP contribution is 2.32. The lowest BCUT2D eigenvalue weighted by molar-refractivity contribution is -0.137. The van der Waals surface area contributed by atoms with E-state index in [1.54, 1.807) is 0 Å². The van der Waals surface area contributed by atoms with Gasteiger partial charge in [0, 0.05) is 12.6 Å². The highest BCUT2D eigenvalue weighted by molar-refractivity contribution is 5.89. The van der Waals surface area contributed by atoms with E-state index in [1.807, 2.05) is 0 Å². The summed E-state index contributed by atoms with van der Waals surface area (Å²) in [6, 6.07) is 3.41. The molecule has 0 radical (unpaired) electrons. The second-order valence-corrected chi connectivity index (χ2v) is 4.30. The summed E-state index contributed by atoms with van der Waals surface area (Å²) in [6.45, 7) is 1.81. The van der Waals surface area contributed by atoms with Crippen LogP contribution in [-0.2, 0) is 17.4 Å². The number of carbonyl (C=O) groups excluding carboxylic acids is 1. The number of halogens is 3. The zero-order chi connectivity index (χ0) is 14.5. The molecule has 0 spiro atoms. The van der Waals surface area contributed by atoms with E-state index < -0.39 is 11.7 Å². The minimum Gasteiger partial charge on any atom is -0.330 e. The maximum absolute atomic E-state index is 12.6. The number of hydrogen-bond acceptors (Lipinski definition) is 2. The Balaban J connectivity index is 2.99. The first-order chi connectivity index (χ1) is 8.84. The molecule has 1 amide bonds. The average molecular weight is 274 g/mol. The molecular weight excluding hydrogens is 257 g/mol. The number of unbranched alkanes of at least 4 members (excludes halogenated alkanes) is 1. The smallest absolute Gasteiger partial charge is 0.330 e. The molecular formula is C13H17F3N2O. The third kappa shape index (κ3) is 4.90. The molecule has 6 heteroatoms. The molecule has 3 N–H and O–H groups in total. The largest absolute Gasteiger partial charge is 0.416 e. The Morgan fingerprint density at radius 2 is 2.00 bits per heavy atom. The molecule has 0 aromatic heterocycles. The quantitative estimate of drug-likeness (QED) is 0.811. The van der Waals surface area contributed by atoms with Crippen molar-refractivity contribution in [1.82, 2.24) is 0 Å². The summed E-state index contributed by atoms with van der Waals surface area (Å²) in [7, 11) is 0. The Labute approximate surface area is 110 Å². The lowest BCUT2D eigenvalue weighted by Gasteiger charge is -2.13. The van der Waals surface area contributed by atoms with E-state index in [2.05, 4.69) is 5.32 Å². The number of rotatable bonds is 5. The van der Waals surface area contributed by atoms with Gasteiger partial charge in [-0.25, -0.2) is 0 Å². The zero-order valence-corrected chi connectivity index (χ0v) is 10.7. The topological polar surface area (TPSA) is 55.1 Å². The number of amides is 1. The number of anilines is 1. The molecule has 3 nitrogen and oxygen atoms in total. The van der Waals surface area contributed by atoms with Crippen LogP contribution in [0.3, 0.4) is 0 Å². The minimum atomic E-state index is -4.41. The lowest BCUT2D eigenvalue weighted by Crippen LogP contribution is -2.12. The molecule has 1 aromatic rings. The van der Waals surface area contributed by atoms with Crippen LogP contribution in [0.4, 0.5) is 18.9 Å². The maximum atomic E-state index is 12.6. The molecule has 0 bridgehead atoms. The van der Waals surface area contributed by atoms with Gasteiger partial charge in [0.05, 0.1) is 5.56 Å². The summed E-state index contributed by atoms with van der Waals surface area (Å²) >= 11 is 0. The second-order valence-electron chi connectivity index (χ2n) is 4.30. The molecule has 1 aromatic carbocycles. The predicted octanol–water partition coefficient (Wildman–Crippen LogP) is 2.95. The normalized spacial score (nSPS) is 11.4. The number of aryl methyl sites for hydroxylation is 1. The van der Waals surface area contributed by atoms with Crippen molar-refractivity contribution in [2.75, 3.05) is 11.9 Å². The Bertz CT molecular complexity index is 444. The van der Waals surface area contributed by atoms with E-state index in [9.17, 15) is 18.0 Å². The Hall–Kier alpha value is -1.56. The Morgan fingerprint density at radius 3 is 2.53 bits per heavy atom. The van der Waals surface area contributed by atoms with E-state index in [0.29, 0.717) is 18.5 Å². The fraction of sp³-hybridized carbons (Fsp3) is 0.462. The van der Waals surface area contributed by atoms with Crippen LogP contribution in [-0.4, -0.2) is 12.5 Å². The third-order valence-corrected chi connectivity index (χ3v) is 2.65. The summed E-state index contributed by atoms with van der Waals surface area (Å²) in [5.41, 5.74) is 5.52. The first-order valence-corrected chi connectivity index (χ1v) is 6.02. The predicted molar refractivity (Wildman–Crippen MR) is 67.7 cm³/mol. The van der Waals surface area contributed by atoms with Crippen molar-refractivity contribution in [3.05, 3.63) is 29.3 Å². The third-order valence-electron chi connectivity index (χ3n) is 2.65. The highest BCUT2D eigenvalue weighted by Gasteiger charge is 2.31. The SMILES string of the molecule is CC(=O)Nc1cc(C(F)(F)F)ccc1CCCCN. The molecule has 0 heterocycles. The van der Waals surface area contributed by atoms with Crippen LogP contribution >= 0.6 is 0 Å². The average Bonchev–Trinajstić information content (AvgIpc) is 2.29. The van der Waals surface area contributed by atoms with Crippen LogP contribution in [0.2, 0.25) is 0 Å². The first kappa shape index (κ1) is 15.5. The van der Waals surface area contributed by atoms with Crippen molar-refractivity contribution >= 4 is 11.6 Å². The number of hydrogen-bond donors (Lipinski definition) is 2. The van der Waals surface area contributed by atoms with Crippen molar-refractivity contribution in [3.63, 3.8) is 0 Å². The highest BCUT2D eigenvalue weighted by atomic mass is 19.4. The van der Waals surface area contributed by atoms with Gasteiger partial charge in [0.25, 0.3) is 0 Å². The van der Waals surface area contributed by atoms with Crippen molar-refractivity contribution in [1.29, 1.82) is 0 Å². The zero-order valence-electron chi connectivity index (χ0n) is 10.7. The molecule has 0 saturated heterocycles.